The van der Waals surface area contributed by atoms with Gasteiger partial charge in [0.1, 0.15) is 0 Å². The van der Waals surface area contributed by atoms with E-state index in [1.165, 1.54) is 0 Å². The van der Waals surface area contributed by atoms with Crippen LogP contribution in [0.2, 0.25) is 0 Å². The lowest BCUT2D eigenvalue weighted by Crippen LogP contribution is -2.58. The van der Waals surface area contributed by atoms with Crippen LogP contribution in [0.15, 0.2) is 0 Å². The van der Waals surface area contributed by atoms with E-state index < -0.39 is 11.6 Å². The molecule has 0 spiro atoms. The highest BCUT2D eigenvalue weighted by Gasteiger charge is 2.33. The van der Waals surface area contributed by atoms with Crippen molar-refractivity contribution in [2.24, 2.45) is 0 Å². The maximum Gasteiger partial charge on any atom is 0.183 e. The van der Waals surface area contributed by atoms with Crippen molar-refractivity contribution in [3.05, 3.63) is 0 Å². The second-order valence-corrected chi connectivity index (χ2v) is 4.54. The van der Waals surface area contributed by atoms with Gasteiger partial charge in [-0.15, -0.1) is 0 Å². The van der Waals surface area contributed by atoms with E-state index in [-0.39, 0.29) is 24.6 Å². The molecule has 0 aliphatic carbocycles. The molecule has 17 heavy (non-hydrogen) atoms. The Labute approximate surface area is 113 Å². The first-order valence-corrected chi connectivity index (χ1v) is 7.02. The maximum absolute atomic E-state index is 14.1. The number of halogens is 2. The Balaban J connectivity index is 4.27. The predicted octanol–water partition coefficient (Wildman–Crippen LogP) is 0.986. The van der Waals surface area contributed by atoms with Gasteiger partial charge in [-0.25, -0.2) is 8.78 Å². The molecule has 0 radical (unpaired) electrons. The van der Waals surface area contributed by atoms with Crippen LogP contribution in [0.4, 0.5) is 8.78 Å². The number of rotatable bonds is 10. The summed E-state index contributed by atoms with van der Waals surface area (Å²) in [5, 5.41) is 8.09. The molecule has 0 saturated heterocycles. The third kappa shape index (κ3) is 6.81. The van der Waals surface area contributed by atoms with E-state index in [4.69, 9.17) is 0 Å². The monoisotopic (exact) mass is 287 g/mol. The third-order valence-corrected chi connectivity index (χ3v) is 3.34. The SMILES string of the molecule is CCNC[C@@](F)(CS)NC[C@@](F)(CS)NCC. The standard InChI is InChI=1S/C10H23F2N3S2/c1-3-13-5-9(11,7-16)15-6-10(12,8-17)14-4-2/h13-17H,3-8H2,1-2H3/t9-,10-/m0/s1. The molecule has 0 unspecified atom stereocenters. The molecule has 0 saturated carbocycles. The number of likely N-dealkylation sites (N-methyl/N-ethyl adjacent to an activating group) is 2. The first-order valence-electron chi connectivity index (χ1n) is 5.75. The van der Waals surface area contributed by atoms with Crippen LogP contribution in [0.25, 0.3) is 0 Å². The molecule has 3 N–H and O–H groups in total. The highest BCUT2D eigenvalue weighted by molar-refractivity contribution is 7.80. The first-order chi connectivity index (χ1) is 7.95. The minimum atomic E-state index is -1.71. The summed E-state index contributed by atoms with van der Waals surface area (Å²) in [6.45, 7) is 4.74. The van der Waals surface area contributed by atoms with Gasteiger partial charge in [-0.05, 0) is 13.1 Å². The molecule has 0 aromatic heterocycles. The van der Waals surface area contributed by atoms with Crippen LogP contribution >= 0.6 is 25.3 Å². The minimum Gasteiger partial charge on any atom is -0.313 e. The van der Waals surface area contributed by atoms with Gasteiger partial charge < -0.3 is 5.32 Å². The smallest absolute Gasteiger partial charge is 0.183 e. The van der Waals surface area contributed by atoms with Crippen molar-refractivity contribution in [3.8, 4) is 0 Å². The molecule has 0 aliphatic rings. The lowest BCUT2D eigenvalue weighted by molar-refractivity contribution is 0.0822. The summed E-state index contributed by atoms with van der Waals surface area (Å²) < 4.78 is 28.2. The predicted molar refractivity (Wildman–Crippen MR) is 75.6 cm³/mol. The molecule has 0 amide bonds. The quantitative estimate of drug-likeness (QED) is 0.307. The summed E-state index contributed by atoms with van der Waals surface area (Å²) in [5.74, 6) is -3.45. The molecule has 0 bridgehead atoms. The Kier molecular flexibility index (Phi) is 8.75. The van der Waals surface area contributed by atoms with Crippen molar-refractivity contribution < 1.29 is 8.78 Å². The van der Waals surface area contributed by atoms with Gasteiger partial charge >= 0.3 is 0 Å². The molecular formula is C10H23F2N3S2. The van der Waals surface area contributed by atoms with E-state index in [0.29, 0.717) is 13.1 Å². The molecule has 2 atom stereocenters. The summed E-state index contributed by atoms with van der Waals surface area (Å²) in [6, 6.07) is 0. The summed E-state index contributed by atoms with van der Waals surface area (Å²) in [6.07, 6.45) is 0. The maximum atomic E-state index is 14.1. The second kappa shape index (κ2) is 8.53. The van der Waals surface area contributed by atoms with Crippen molar-refractivity contribution in [2.75, 3.05) is 37.7 Å². The van der Waals surface area contributed by atoms with E-state index in [9.17, 15) is 8.78 Å². The van der Waals surface area contributed by atoms with Crippen molar-refractivity contribution in [1.29, 1.82) is 0 Å². The fourth-order valence-electron chi connectivity index (χ4n) is 1.29. The first kappa shape index (κ1) is 17.4. The Morgan fingerprint density at radius 3 is 1.82 bits per heavy atom. The van der Waals surface area contributed by atoms with Crippen LogP contribution in [0.5, 0.6) is 0 Å². The van der Waals surface area contributed by atoms with Crippen molar-refractivity contribution in [1.82, 2.24) is 16.0 Å². The molecule has 0 aromatic carbocycles. The van der Waals surface area contributed by atoms with E-state index in [1.54, 1.807) is 6.92 Å². The minimum absolute atomic E-state index is 0.0162. The second-order valence-electron chi connectivity index (χ2n) is 3.91. The fraction of sp³-hybridized carbons (Fsp3) is 1.00. The Bertz CT molecular complexity index is 212. The van der Waals surface area contributed by atoms with Gasteiger partial charge in [-0.1, -0.05) is 13.8 Å². The summed E-state index contributed by atoms with van der Waals surface area (Å²) in [7, 11) is 0. The largest absolute Gasteiger partial charge is 0.313 e. The van der Waals surface area contributed by atoms with Crippen molar-refractivity contribution in [2.45, 2.75) is 25.4 Å². The number of alkyl halides is 2. The normalized spacial score (nSPS) is 18.7. The summed E-state index contributed by atoms with van der Waals surface area (Å²) in [5.41, 5.74) is 0. The third-order valence-electron chi connectivity index (χ3n) is 2.34. The number of nitrogens with one attached hydrogen (secondary N) is 3. The fourth-order valence-corrected chi connectivity index (χ4v) is 1.73. The Morgan fingerprint density at radius 1 is 0.882 bits per heavy atom. The average Bonchev–Trinajstić information content (AvgIpc) is 2.34. The lowest BCUT2D eigenvalue weighted by Gasteiger charge is -2.31. The van der Waals surface area contributed by atoms with Gasteiger partial charge in [0.05, 0.1) is 0 Å². The molecule has 0 fully saturated rings. The molecule has 0 aromatic rings. The van der Waals surface area contributed by atoms with E-state index in [0.717, 1.165) is 0 Å². The van der Waals surface area contributed by atoms with Crippen LogP contribution < -0.4 is 16.0 Å². The van der Waals surface area contributed by atoms with Gasteiger partial charge in [0.25, 0.3) is 0 Å². The van der Waals surface area contributed by atoms with Gasteiger partial charge in [0, 0.05) is 24.6 Å². The van der Waals surface area contributed by atoms with E-state index in [1.807, 2.05) is 6.92 Å². The Hall–Kier alpha value is 0.440. The van der Waals surface area contributed by atoms with Crippen LogP contribution in [0, 0.1) is 0 Å². The molecule has 0 rings (SSSR count). The van der Waals surface area contributed by atoms with Crippen LogP contribution in [0.1, 0.15) is 13.8 Å². The van der Waals surface area contributed by atoms with Crippen LogP contribution in [0.3, 0.4) is 0 Å². The van der Waals surface area contributed by atoms with Gasteiger partial charge in [-0.3, -0.25) is 10.6 Å². The summed E-state index contributed by atoms with van der Waals surface area (Å²) in [4.78, 5) is 0. The highest BCUT2D eigenvalue weighted by Crippen LogP contribution is 2.13. The number of hydrogen-bond donors (Lipinski definition) is 5. The topological polar surface area (TPSA) is 36.1 Å². The lowest BCUT2D eigenvalue weighted by atomic mass is 10.2. The zero-order valence-electron chi connectivity index (χ0n) is 10.4. The molecule has 7 heteroatoms. The molecule has 104 valence electrons. The van der Waals surface area contributed by atoms with Crippen LogP contribution in [-0.4, -0.2) is 49.3 Å². The number of hydrogen-bond acceptors (Lipinski definition) is 5. The highest BCUT2D eigenvalue weighted by atomic mass is 32.1. The van der Waals surface area contributed by atoms with Gasteiger partial charge in [0.15, 0.2) is 11.6 Å². The molecule has 3 nitrogen and oxygen atoms in total. The summed E-state index contributed by atoms with van der Waals surface area (Å²) >= 11 is 7.88. The zero-order chi connectivity index (χ0) is 13.4. The van der Waals surface area contributed by atoms with Crippen molar-refractivity contribution in [3.63, 3.8) is 0 Å². The van der Waals surface area contributed by atoms with E-state index >= 15 is 0 Å². The van der Waals surface area contributed by atoms with Gasteiger partial charge in [0.2, 0.25) is 0 Å². The zero-order valence-corrected chi connectivity index (χ0v) is 12.2. The Morgan fingerprint density at radius 2 is 1.41 bits per heavy atom. The van der Waals surface area contributed by atoms with Crippen LogP contribution in [-0.2, 0) is 0 Å². The number of thiol groups is 2. The molecule has 0 aliphatic heterocycles. The van der Waals surface area contributed by atoms with Crippen molar-refractivity contribution >= 4 is 25.3 Å². The average molecular weight is 287 g/mol. The molecule has 0 heterocycles. The van der Waals surface area contributed by atoms with Gasteiger partial charge in [-0.2, -0.15) is 25.3 Å². The van der Waals surface area contributed by atoms with E-state index in [2.05, 4.69) is 41.2 Å². The molecular weight excluding hydrogens is 264 g/mol.